The van der Waals surface area contributed by atoms with Gasteiger partial charge in [0.2, 0.25) is 0 Å². The second-order valence-corrected chi connectivity index (χ2v) is 9.58. The van der Waals surface area contributed by atoms with Crippen LogP contribution in [0.15, 0.2) is 36.7 Å². The fourth-order valence-electron chi connectivity index (χ4n) is 4.38. The molecule has 0 bridgehead atoms. The minimum absolute atomic E-state index is 0.122. The van der Waals surface area contributed by atoms with Crippen LogP contribution in [0, 0.1) is 17.3 Å². The Hall–Kier alpha value is -3.47. The van der Waals surface area contributed by atoms with Crippen molar-refractivity contribution in [2.45, 2.75) is 26.3 Å². The van der Waals surface area contributed by atoms with Crippen LogP contribution in [0.2, 0.25) is 5.02 Å². The number of rotatable bonds is 4. The van der Waals surface area contributed by atoms with Crippen molar-refractivity contribution in [1.29, 1.82) is 0 Å². The summed E-state index contributed by atoms with van der Waals surface area (Å²) in [7, 11) is 1.57. The zero-order valence-corrected chi connectivity index (χ0v) is 20.1. The number of aromatic nitrogens is 2. The monoisotopic (exact) mass is 475 g/mol. The molecule has 1 saturated heterocycles. The molecule has 0 saturated carbocycles. The quantitative estimate of drug-likeness (QED) is 0.426. The van der Waals surface area contributed by atoms with E-state index in [9.17, 15) is 4.79 Å². The van der Waals surface area contributed by atoms with E-state index in [4.69, 9.17) is 16.3 Å². The first-order valence-corrected chi connectivity index (χ1v) is 11.6. The largest absolute Gasteiger partial charge is 0.493 e. The number of methoxy groups -OCH3 is 1. The molecule has 8 heteroatoms. The molecule has 4 heterocycles. The number of fused-ring (bicyclic) bond motifs is 1. The Morgan fingerprint density at radius 2 is 2.15 bits per heavy atom. The van der Waals surface area contributed by atoms with Gasteiger partial charge in [0.05, 0.1) is 46.4 Å². The number of ether oxygens (including phenoxy) is 1. The first-order chi connectivity index (χ1) is 16.4. The standard InChI is InChI=1S/C26H26ClN5O2/c1-26(2)14-30-20(26)8-7-15-13-28-11-9-16(15)22-23(21-18(31-22)10-12-29-25(21)33)32-19-6-4-5-17(27)24(19)34-3/h4-6,9,11,13,20,30-32H,10,12,14H2,1-3H3,(H,29,33). The number of pyridine rings is 1. The van der Waals surface area contributed by atoms with Gasteiger partial charge in [0.1, 0.15) is 0 Å². The average Bonchev–Trinajstić information content (AvgIpc) is 3.18. The number of benzene rings is 1. The number of nitrogens with zero attached hydrogens (tertiary/aromatic N) is 1. The van der Waals surface area contributed by atoms with Gasteiger partial charge < -0.3 is 25.7 Å². The van der Waals surface area contributed by atoms with Crippen LogP contribution < -0.4 is 20.7 Å². The summed E-state index contributed by atoms with van der Waals surface area (Å²) in [4.78, 5) is 20.7. The molecule has 2 aliphatic heterocycles. The van der Waals surface area contributed by atoms with Crippen molar-refractivity contribution >= 4 is 28.9 Å². The summed E-state index contributed by atoms with van der Waals surface area (Å²) in [5.74, 6) is 7.04. The maximum Gasteiger partial charge on any atom is 0.255 e. The lowest BCUT2D eigenvalue weighted by Gasteiger charge is -2.42. The molecule has 0 radical (unpaired) electrons. The van der Waals surface area contributed by atoms with E-state index in [-0.39, 0.29) is 17.4 Å². The number of aromatic amines is 1. The highest BCUT2D eigenvalue weighted by Crippen LogP contribution is 2.41. The molecule has 2 aromatic heterocycles. The maximum atomic E-state index is 12.9. The minimum Gasteiger partial charge on any atom is -0.493 e. The lowest BCUT2D eigenvalue weighted by Crippen LogP contribution is -2.58. The third kappa shape index (κ3) is 3.89. The third-order valence-electron chi connectivity index (χ3n) is 6.38. The minimum atomic E-state index is -0.130. The third-order valence-corrected chi connectivity index (χ3v) is 6.68. The number of H-pyrrole nitrogens is 1. The van der Waals surface area contributed by atoms with E-state index in [1.165, 1.54) is 0 Å². The van der Waals surface area contributed by atoms with Crippen molar-refractivity contribution in [2.24, 2.45) is 5.41 Å². The van der Waals surface area contributed by atoms with Gasteiger partial charge in [0, 0.05) is 48.6 Å². The van der Waals surface area contributed by atoms with Gasteiger partial charge in [-0.2, -0.15) is 0 Å². The van der Waals surface area contributed by atoms with E-state index in [0.717, 1.165) is 29.1 Å². The predicted octanol–water partition coefficient (Wildman–Crippen LogP) is 4.12. The molecule has 34 heavy (non-hydrogen) atoms. The first-order valence-electron chi connectivity index (χ1n) is 11.2. The number of amides is 1. The maximum absolute atomic E-state index is 12.9. The fraction of sp³-hybridized carbons (Fsp3) is 0.308. The van der Waals surface area contributed by atoms with Gasteiger partial charge in [-0.15, -0.1) is 0 Å². The van der Waals surface area contributed by atoms with E-state index in [2.05, 4.69) is 51.6 Å². The summed E-state index contributed by atoms with van der Waals surface area (Å²) < 4.78 is 5.52. The molecule has 1 atom stereocenters. The van der Waals surface area contributed by atoms with Crippen molar-refractivity contribution < 1.29 is 9.53 Å². The number of para-hydroxylation sites is 1. The number of anilines is 2. The Morgan fingerprint density at radius 3 is 2.88 bits per heavy atom. The van der Waals surface area contributed by atoms with Gasteiger partial charge in [0.15, 0.2) is 5.75 Å². The normalized spacial score (nSPS) is 18.1. The molecule has 5 rings (SSSR count). The highest BCUT2D eigenvalue weighted by atomic mass is 35.5. The van der Waals surface area contributed by atoms with Crippen molar-refractivity contribution in [2.75, 3.05) is 25.5 Å². The van der Waals surface area contributed by atoms with Gasteiger partial charge in [-0.3, -0.25) is 9.78 Å². The summed E-state index contributed by atoms with van der Waals surface area (Å²) in [5, 5.41) is 10.2. The van der Waals surface area contributed by atoms with Crippen LogP contribution in [0.3, 0.4) is 0 Å². The Bertz CT molecular complexity index is 1330. The first kappa shape index (κ1) is 22.3. The summed E-state index contributed by atoms with van der Waals surface area (Å²) in [6, 6.07) is 7.50. The number of carbonyl (C=O) groups is 1. The summed E-state index contributed by atoms with van der Waals surface area (Å²) in [6.07, 6.45) is 4.20. The molecule has 2 aliphatic rings. The highest BCUT2D eigenvalue weighted by Gasteiger charge is 2.36. The molecule has 0 aliphatic carbocycles. The molecule has 4 N–H and O–H groups in total. The molecule has 7 nitrogen and oxygen atoms in total. The molecule has 1 fully saturated rings. The van der Waals surface area contributed by atoms with Crippen LogP contribution >= 0.6 is 11.6 Å². The van der Waals surface area contributed by atoms with Crippen molar-refractivity contribution in [3.63, 3.8) is 0 Å². The predicted molar refractivity (Wildman–Crippen MR) is 134 cm³/mol. The van der Waals surface area contributed by atoms with Crippen LogP contribution in [-0.4, -0.2) is 42.1 Å². The molecule has 1 amide bonds. The van der Waals surface area contributed by atoms with Crippen LogP contribution in [-0.2, 0) is 6.42 Å². The number of hydrogen-bond acceptors (Lipinski definition) is 5. The highest BCUT2D eigenvalue weighted by molar-refractivity contribution is 6.32. The van der Waals surface area contributed by atoms with Gasteiger partial charge in [-0.25, -0.2) is 0 Å². The Morgan fingerprint density at radius 1 is 1.29 bits per heavy atom. The van der Waals surface area contributed by atoms with E-state index in [1.807, 2.05) is 18.2 Å². The lowest BCUT2D eigenvalue weighted by molar-refractivity contribution is 0.0947. The second kappa shape index (κ2) is 8.71. The van der Waals surface area contributed by atoms with Crippen molar-refractivity contribution in [1.82, 2.24) is 20.6 Å². The molecular formula is C26H26ClN5O2. The summed E-state index contributed by atoms with van der Waals surface area (Å²) in [6.45, 7) is 5.92. The van der Waals surface area contributed by atoms with Gasteiger partial charge >= 0.3 is 0 Å². The van der Waals surface area contributed by atoms with E-state index < -0.39 is 0 Å². The van der Waals surface area contributed by atoms with E-state index >= 15 is 0 Å². The average molecular weight is 476 g/mol. The van der Waals surface area contributed by atoms with Crippen LogP contribution in [0.5, 0.6) is 5.75 Å². The van der Waals surface area contributed by atoms with Gasteiger partial charge in [0.25, 0.3) is 5.91 Å². The fourth-order valence-corrected chi connectivity index (χ4v) is 4.63. The number of carbonyl (C=O) groups excluding carboxylic acids is 1. The van der Waals surface area contributed by atoms with Crippen LogP contribution in [0.4, 0.5) is 11.4 Å². The lowest BCUT2D eigenvalue weighted by atomic mass is 9.77. The Balaban J connectivity index is 1.64. The SMILES string of the molecule is COc1c(Cl)cccc1Nc1c(-c2ccncc2C#CC2NCC2(C)C)[nH]c2c1C(=O)NCC2. The second-order valence-electron chi connectivity index (χ2n) is 9.17. The number of nitrogens with one attached hydrogen (secondary N) is 4. The van der Waals surface area contributed by atoms with Gasteiger partial charge in [-0.05, 0) is 18.2 Å². The smallest absolute Gasteiger partial charge is 0.255 e. The van der Waals surface area contributed by atoms with Crippen LogP contribution in [0.25, 0.3) is 11.3 Å². The molecule has 0 spiro atoms. The molecule has 1 unspecified atom stereocenters. The Kier molecular flexibility index (Phi) is 5.72. The molecule has 174 valence electrons. The van der Waals surface area contributed by atoms with Crippen molar-refractivity contribution in [3.05, 3.63) is 58.5 Å². The Labute approximate surface area is 203 Å². The molecule has 1 aromatic carbocycles. The van der Waals surface area contributed by atoms with Gasteiger partial charge in [-0.1, -0.05) is 43.4 Å². The zero-order valence-electron chi connectivity index (χ0n) is 19.3. The summed E-state index contributed by atoms with van der Waals surface area (Å²) >= 11 is 6.35. The number of halogens is 1. The van der Waals surface area contributed by atoms with E-state index in [1.54, 1.807) is 25.6 Å². The summed E-state index contributed by atoms with van der Waals surface area (Å²) in [5.41, 5.74) is 5.34. The molecular weight excluding hydrogens is 450 g/mol. The van der Waals surface area contributed by atoms with E-state index in [0.29, 0.717) is 40.7 Å². The topological polar surface area (TPSA) is 91.1 Å². The van der Waals surface area contributed by atoms with Crippen LogP contribution in [0.1, 0.15) is 35.5 Å². The molecule has 3 aromatic rings. The number of hydrogen-bond donors (Lipinski definition) is 4. The van der Waals surface area contributed by atoms with Crippen molar-refractivity contribution in [3.8, 4) is 28.8 Å². The zero-order chi connectivity index (χ0) is 23.9.